The first-order valence-electron chi connectivity index (χ1n) is 10.0. The van der Waals surface area contributed by atoms with Crippen LogP contribution in [-0.2, 0) is 6.42 Å². The van der Waals surface area contributed by atoms with Gasteiger partial charge in [0.1, 0.15) is 0 Å². The van der Waals surface area contributed by atoms with Gasteiger partial charge in [-0.25, -0.2) is 0 Å². The van der Waals surface area contributed by atoms with Crippen molar-refractivity contribution >= 4 is 17.5 Å². The molecular formula is C23H27N5. The maximum atomic E-state index is 4.71. The summed E-state index contributed by atoms with van der Waals surface area (Å²) in [4.78, 5) is 7.04. The van der Waals surface area contributed by atoms with E-state index in [9.17, 15) is 0 Å². The van der Waals surface area contributed by atoms with Gasteiger partial charge in [-0.3, -0.25) is 0 Å². The minimum atomic E-state index is 0.553. The molecule has 0 spiro atoms. The lowest BCUT2D eigenvalue weighted by molar-refractivity contribution is 0.402. The van der Waals surface area contributed by atoms with Gasteiger partial charge in [0.2, 0.25) is 5.95 Å². The van der Waals surface area contributed by atoms with Crippen LogP contribution in [0.15, 0.2) is 54.7 Å². The zero-order valence-electron chi connectivity index (χ0n) is 16.6. The van der Waals surface area contributed by atoms with Crippen molar-refractivity contribution in [3.8, 4) is 0 Å². The van der Waals surface area contributed by atoms with Gasteiger partial charge in [-0.15, -0.1) is 5.10 Å². The minimum absolute atomic E-state index is 0.553. The predicted octanol–water partition coefficient (Wildman–Crippen LogP) is 4.69. The fourth-order valence-electron chi connectivity index (χ4n) is 3.80. The molecule has 1 aliphatic heterocycles. The van der Waals surface area contributed by atoms with Gasteiger partial charge in [0, 0.05) is 18.8 Å². The summed E-state index contributed by atoms with van der Waals surface area (Å²) >= 11 is 0. The van der Waals surface area contributed by atoms with Gasteiger partial charge in [-0.05, 0) is 61.8 Å². The molecule has 1 N–H and O–H groups in total. The van der Waals surface area contributed by atoms with Gasteiger partial charge in [0.25, 0.3) is 0 Å². The first kappa shape index (κ1) is 18.4. The van der Waals surface area contributed by atoms with E-state index in [-0.39, 0.29) is 0 Å². The standard InChI is InChI=1S/C23H27N5/c1-17-8-9-18(2)21(14-17)25-23-26-22(16-24-27-23)28-12-10-20(11-13-28)15-19-6-4-3-5-7-19/h3-9,14,16,20H,10-13,15H2,1-2H3,(H,25,26,27). The van der Waals surface area contributed by atoms with E-state index in [2.05, 4.69) is 82.8 Å². The third kappa shape index (κ3) is 4.47. The molecule has 1 aliphatic rings. The number of benzene rings is 2. The van der Waals surface area contributed by atoms with E-state index in [0.717, 1.165) is 36.9 Å². The molecule has 0 saturated carbocycles. The summed E-state index contributed by atoms with van der Waals surface area (Å²) in [6.45, 7) is 6.19. The fourth-order valence-corrected chi connectivity index (χ4v) is 3.80. The number of hydrogen-bond acceptors (Lipinski definition) is 5. The zero-order chi connectivity index (χ0) is 19.3. The lowest BCUT2D eigenvalue weighted by Gasteiger charge is -2.32. The molecule has 0 amide bonds. The summed E-state index contributed by atoms with van der Waals surface area (Å²) in [7, 11) is 0. The van der Waals surface area contributed by atoms with Gasteiger partial charge in [-0.1, -0.05) is 42.5 Å². The molecule has 5 heteroatoms. The van der Waals surface area contributed by atoms with Crippen LogP contribution in [0.4, 0.5) is 17.5 Å². The average Bonchev–Trinajstić information content (AvgIpc) is 2.72. The Bertz CT molecular complexity index is 917. The van der Waals surface area contributed by atoms with Gasteiger partial charge in [0.15, 0.2) is 5.82 Å². The molecule has 0 atom stereocenters. The zero-order valence-corrected chi connectivity index (χ0v) is 16.6. The number of anilines is 3. The Balaban J connectivity index is 1.39. The first-order valence-corrected chi connectivity index (χ1v) is 10.0. The Kier molecular flexibility index (Phi) is 5.51. The van der Waals surface area contributed by atoms with Crippen LogP contribution < -0.4 is 10.2 Å². The van der Waals surface area contributed by atoms with Crippen molar-refractivity contribution in [3.05, 3.63) is 71.4 Å². The molecule has 1 aromatic heterocycles. The molecule has 4 rings (SSSR count). The summed E-state index contributed by atoms with van der Waals surface area (Å²) in [5.74, 6) is 2.19. The third-order valence-electron chi connectivity index (χ3n) is 5.49. The van der Waals surface area contributed by atoms with Crippen molar-refractivity contribution in [1.82, 2.24) is 15.2 Å². The van der Waals surface area contributed by atoms with Crippen LogP contribution in [0.5, 0.6) is 0 Å². The molecule has 0 radical (unpaired) electrons. The second-order valence-electron chi connectivity index (χ2n) is 7.70. The van der Waals surface area contributed by atoms with Crippen molar-refractivity contribution in [2.45, 2.75) is 33.1 Å². The van der Waals surface area contributed by atoms with Crippen LogP contribution in [0.25, 0.3) is 0 Å². The molecule has 5 nitrogen and oxygen atoms in total. The number of aryl methyl sites for hydroxylation is 2. The molecule has 1 saturated heterocycles. The number of aromatic nitrogens is 3. The lowest BCUT2D eigenvalue weighted by Crippen LogP contribution is -2.35. The van der Waals surface area contributed by atoms with Crippen LogP contribution in [0.2, 0.25) is 0 Å². The van der Waals surface area contributed by atoms with Gasteiger partial charge in [0.05, 0.1) is 6.20 Å². The summed E-state index contributed by atoms with van der Waals surface area (Å²) < 4.78 is 0. The Morgan fingerprint density at radius 2 is 1.82 bits per heavy atom. The quantitative estimate of drug-likeness (QED) is 0.703. The van der Waals surface area contributed by atoms with E-state index >= 15 is 0 Å². The highest BCUT2D eigenvalue weighted by Gasteiger charge is 2.21. The van der Waals surface area contributed by atoms with Crippen molar-refractivity contribution in [2.75, 3.05) is 23.3 Å². The van der Waals surface area contributed by atoms with Gasteiger partial charge in [-0.2, -0.15) is 10.1 Å². The topological polar surface area (TPSA) is 53.9 Å². The Morgan fingerprint density at radius 1 is 1.04 bits per heavy atom. The normalized spacial score (nSPS) is 14.9. The van der Waals surface area contributed by atoms with Crippen molar-refractivity contribution in [1.29, 1.82) is 0 Å². The largest absolute Gasteiger partial charge is 0.355 e. The van der Waals surface area contributed by atoms with Gasteiger partial charge < -0.3 is 10.2 Å². The molecular weight excluding hydrogens is 346 g/mol. The third-order valence-corrected chi connectivity index (χ3v) is 5.49. The summed E-state index contributed by atoms with van der Waals surface area (Å²) in [6, 6.07) is 17.1. The van der Waals surface area contributed by atoms with Crippen LogP contribution in [0, 0.1) is 19.8 Å². The summed E-state index contributed by atoms with van der Waals surface area (Å²) in [5, 5.41) is 11.7. The highest BCUT2D eigenvalue weighted by Crippen LogP contribution is 2.25. The molecule has 144 valence electrons. The molecule has 0 unspecified atom stereocenters. The summed E-state index contributed by atoms with van der Waals surface area (Å²) in [6.07, 6.45) is 5.29. The highest BCUT2D eigenvalue weighted by atomic mass is 15.3. The second kappa shape index (κ2) is 8.38. The van der Waals surface area contributed by atoms with Crippen LogP contribution >= 0.6 is 0 Å². The van der Waals surface area contributed by atoms with E-state index in [1.807, 2.05) is 0 Å². The Labute approximate surface area is 166 Å². The maximum Gasteiger partial charge on any atom is 0.249 e. The second-order valence-corrected chi connectivity index (χ2v) is 7.70. The lowest BCUT2D eigenvalue weighted by atomic mass is 9.90. The molecule has 2 aromatic carbocycles. The molecule has 0 bridgehead atoms. The number of piperidine rings is 1. The molecule has 2 heterocycles. The van der Waals surface area contributed by atoms with Gasteiger partial charge >= 0.3 is 0 Å². The molecule has 28 heavy (non-hydrogen) atoms. The van der Waals surface area contributed by atoms with Crippen molar-refractivity contribution < 1.29 is 0 Å². The minimum Gasteiger partial charge on any atom is -0.355 e. The number of nitrogens with zero attached hydrogens (tertiary/aromatic N) is 4. The van der Waals surface area contributed by atoms with Crippen molar-refractivity contribution in [2.24, 2.45) is 5.92 Å². The Hall–Kier alpha value is -2.95. The Morgan fingerprint density at radius 3 is 2.61 bits per heavy atom. The highest BCUT2D eigenvalue weighted by molar-refractivity contribution is 5.60. The van der Waals surface area contributed by atoms with E-state index in [1.54, 1.807) is 6.20 Å². The van der Waals surface area contributed by atoms with E-state index in [1.165, 1.54) is 29.5 Å². The predicted molar refractivity (Wildman–Crippen MR) is 114 cm³/mol. The number of rotatable bonds is 5. The molecule has 3 aromatic rings. The smallest absolute Gasteiger partial charge is 0.249 e. The first-order chi connectivity index (χ1) is 13.7. The SMILES string of the molecule is Cc1ccc(C)c(Nc2nncc(N3CCC(Cc4ccccc4)CC3)n2)c1. The molecule has 1 fully saturated rings. The van der Waals surface area contributed by atoms with Crippen molar-refractivity contribution in [3.63, 3.8) is 0 Å². The van der Waals surface area contributed by atoms with Crippen LogP contribution in [0.3, 0.4) is 0 Å². The maximum absolute atomic E-state index is 4.71. The van der Waals surface area contributed by atoms with Crippen LogP contribution in [0.1, 0.15) is 29.5 Å². The van der Waals surface area contributed by atoms with E-state index < -0.39 is 0 Å². The fraction of sp³-hybridized carbons (Fsp3) is 0.348. The number of nitrogens with one attached hydrogen (secondary N) is 1. The van der Waals surface area contributed by atoms with Crippen LogP contribution in [-0.4, -0.2) is 28.3 Å². The average molecular weight is 374 g/mol. The summed E-state index contributed by atoms with van der Waals surface area (Å²) in [5.41, 5.74) is 4.84. The number of hydrogen-bond donors (Lipinski definition) is 1. The molecule has 0 aliphatic carbocycles. The monoisotopic (exact) mass is 373 g/mol. The van der Waals surface area contributed by atoms with E-state index in [4.69, 9.17) is 4.98 Å². The van der Waals surface area contributed by atoms with E-state index in [0.29, 0.717) is 5.95 Å².